The second-order valence-electron chi connectivity index (χ2n) is 2.65. The summed E-state index contributed by atoms with van der Waals surface area (Å²) in [6.45, 7) is 1.61. The molecule has 1 atom stereocenters. The molecule has 0 spiro atoms. The van der Waals surface area contributed by atoms with E-state index in [1.165, 1.54) is 12.1 Å². The molecule has 66 valence electrons. The first kappa shape index (κ1) is 12.5. The zero-order valence-corrected chi connectivity index (χ0v) is 9.69. The van der Waals surface area contributed by atoms with Gasteiger partial charge in [-0.3, -0.25) is 4.79 Å². The number of carbonyl (C=O) groups is 1. The molecule has 0 unspecified atom stereocenters. The molecule has 0 aliphatic carbocycles. The minimum absolute atomic E-state index is 0. The van der Waals surface area contributed by atoms with Crippen LogP contribution in [-0.2, 0) is 4.79 Å². The summed E-state index contributed by atoms with van der Waals surface area (Å²) in [7, 11) is 0. The molecule has 0 amide bonds. The first-order valence-electron chi connectivity index (χ1n) is 3.63. The molecule has 0 aliphatic rings. The Hall–Kier alpha value is -0.510. The quantitative estimate of drug-likeness (QED) is 0.570. The van der Waals surface area contributed by atoms with Crippen LogP contribution in [0, 0.1) is 0 Å². The van der Waals surface area contributed by atoms with Crippen LogP contribution in [-0.4, -0.2) is 16.2 Å². The molecule has 0 saturated carbocycles. The number of carboxylic acid groups (broad SMARTS) is 1. The van der Waals surface area contributed by atoms with Gasteiger partial charge in [-0.15, -0.1) is 0 Å². The molecule has 0 aliphatic heterocycles. The summed E-state index contributed by atoms with van der Waals surface area (Å²) in [5, 5.41) is 17.6. The molecular weight excluding hydrogens is 179 g/mol. The molecule has 3 nitrogen and oxygen atoms in total. The van der Waals surface area contributed by atoms with Crippen molar-refractivity contribution >= 4 is 5.97 Å². The summed E-state index contributed by atoms with van der Waals surface area (Å²) in [6, 6.07) is 6.17. The largest absolute Gasteiger partial charge is 1.00 e. The number of aromatic hydroxyl groups is 1. The van der Waals surface area contributed by atoms with Gasteiger partial charge in [-0.25, -0.2) is 0 Å². The Morgan fingerprint density at radius 3 is 2.23 bits per heavy atom. The summed E-state index contributed by atoms with van der Waals surface area (Å²) in [6.07, 6.45) is 0. The topological polar surface area (TPSA) is 57.5 Å². The van der Waals surface area contributed by atoms with Crippen molar-refractivity contribution in [2.24, 2.45) is 0 Å². The number of aliphatic carboxylic acids is 1. The third-order valence-corrected chi connectivity index (χ3v) is 1.76. The van der Waals surface area contributed by atoms with Gasteiger partial charge in [0, 0.05) is 0 Å². The third kappa shape index (κ3) is 3.38. The molecule has 0 saturated heterocycles. The molecule has 4 heteroatoms. The maximum Gasteiger partial charge on any atom is 1.00 e. The number of phenols is 1. The monoisotopic (exact) mass is 190 g/mol. The van der Waals surface area contributed by atoms with E-state index in [1.54, 1.807) is 19.1 Å². The van der Waals surface area contributed by atoms with Gasteiger partial charge >= 0.3 is 35.5 Å². The van der Waals surface area contributed by atoms with E-state index in [4.69, 9.17) is 10.2 Å². The number of benzene rings is 1. The smallest absolute Gasteiger partial charge is 1.00 e. The van der Waals surface area contributed by atoms with Gasteiger partial charge < -0.3 is 11.6 Å². The molecule has 1 rings (SSSR count). The van der Waals surface area contributed by atoms with Crippen molar-refractivity contribution in [2.75, 3.05) is 0 Å². The predicted molar refractivity (Wildman–Crippen MR) is 45.3 cm³/mol. The molecule has 13 heavy (non-hydrogen) atoms. The maximum atomic E-state index is 10.5. The van der Waals surface area contributed by atoms with Crippen LogP contribution >= 0.6 is 0 Å². The molecular formula is C9H11NaO3. The molecule has 0 radical (unpaired) electrons. The molecule has 0 fully saturated rings. The molecule has 2 N–H and O–H groups in total. The Kier molecular flexibility index (Phi) is 5.06. The predicted octanol–water partition coefficient (Wildman–Crippen LogP) is -1.30. The molecule has 0 aromatic heterocycles. The fourth-order valence-corrected chi connectivity index (χ4v) is 0.906. The average Bonchev–Trinajstić information content (AvgIpc) is 2.04. The minimum Gasteiger partial charge on any atom is -1.00 e. The summed E-state index contributed by atoms with van der Waals surface area (Å²) >= 11 is 0. The minimum atomic E-state index is -0.860. The van der Waals surface area contributed by atoms with Gasteiger partial charge in [-0.05, 0) is 24.6 Å². The Morgan fingerprint density at radius 1 is 1.38 bits per heavy atom. The van der Waals surface area contributed by atoms with Crippen LogP contribution < -0.4 is 29.6 Å². The van der Waals surface area contributed by atoms with Gasteiger partial charge in [0.25, 0.3) is 0 Å². The number of carboxylic acids is 1. The Morgan fingerprint density at radius 2 is 1.85 bits per heavy atom. The van der Waals surface area contributed by atoms with Crippen LogP contribution in [0.2, 0.25) is 0 Å². The van der Waals surface area contributed by atoms with Gasteiger partial charge in [0.1, 0.15) is 5.75 Å². The zero-order chi connectivity index (χ0) is 9.14. The molecule has 0 heterocycles. The number of hydrogen-bond donors (Lipinski definition) is 2. The van der Waals surface area contributed by atoms with E-state index in [1.807, 2.05) is 0 Å². The van der Waals surface area contributed by atoms with E-state index >= 15 is 0 Å². The van der Waals surface area contributed by atoms with Gasteiger partial charge in [-0.2, -0.15) is 0 Å². The van der Waals surface area contributed by atoms with E-state index in [9.17, 15) is 4.79 Å². The molecule has 0 bridgehead atoms. The Balaban J connectivity index is 0. The van der Waals surface area contributed by atoms with Crippen LogP contribution in [0.4, 0.5) is 0 Å². The normalized spacial score (nSPS) is 11.5. The van der Waals surface area contributed by atoms with Crippen molar-refractivity contribution in [1.82, 2.24) is 0 Å². The van der Waals surface area contributed by atoms with Crippen molar-refractivity contribution in [1.29, 1.82) is 0 Å². The summed E-state index contributed by atoms with van der Waals surface area (Å²) < 4.78 is 0. The van der Waals surface area contributed by atoms with Gasteiger partial charge in [0.05, 0.1) is 5.92 Å². The van der Waals surface area contributed by atoms with E-state index in [0.29, 0.717) is 5.56 Å². The van der Waals surface area contributed by atoms with Crippen LogP contribution in [0.25, 0.3) is 0 Å². The average molecular weight is 190 g/mol. The van der Waals surface area contributed by atoms with Crippen LogP contribution in [0.3, 0.4) is 0 Å². The standard InChI is InChI=1S/C9H10O3.Na.H/c1-6(9(11)12)7-2-4-8(10)5-3-7;;/h2-6,10H,1H3,(H,11,12);;/q;+1;-1/t6-;;/m0../s1. The summed E-state index contributed by atoms with van der Waals surface area (Å²) in [5.41, 5.74) is 0.695. The fourth-order valence-electron chi connectivity index (χ4n) is 0.906. The Labute approximate surface area is 100 Å². The third-order valence-electron chi connectivity index (χ3n) is 1.76. The fraction of sp³-hybridized carbons (Fsp3) is 0.222. The van der Waals surface area contributed by atoms with Crippen LogP contribution in [0.15, 0.2) is 24.3 Å². The van der Waals surface area contributed by atoms with Gasteiger partial charge in [0.15, 0.2) is 0 Å². The Bertz CT molecular complexity index is 287. The maximum absolute atomic E-state index is 10.5. The number of hydrogen-bond acceptors (Lipinski definition) is 2. The number of rotatable bonds is 2. The SMILES string of the molecule is C[C@H](C(=O)O)c1ccc(O)cc1.[H-].[Na+]. The number of phenolic OH excluding ortho intramolecular Hbond substituents is 1. The second-order valence-corrected chi connectivity index (χ2v) is 2.65. The van der Waals surface area contributed by atoms with Crippen LogP contribution in [0.1, 0.15) is 19.8 Å². The van der Waals surface area contributed by atoms with Crippen molar-refractivity contribution < 1.29 is 46.0 Å². The first-order valence-corrected chi connectivity index (χ1v) is 3.63. The van der Waals surface area contributed by atoms with Crippen molar-refractivity contribution in [3.05, 3.63) is 29.8 Å². The van der Waals surface area contributed by atoms with Crippen molar-refractivity contribution in [3.8, 4) is 5.75 Å². The van der Waals surface area contributed by atoms with Crippen molar-refractivity contribution in [3.63, 3.8) is 0 Å². The van der Waals surface area contributed by atoms with E-state index in [2.05, 4.69) is 0 Å². The van der Waals surface area contributed by atoms with E-state index in [-0.39, 0.29) is 36.7 Å². The molecule has 1 aromatic carbocycles. The summed E-state index contributed by atoms with van der Waals surface area (Å²) in [4.78, 5) is 10.5. The molecule has 1 aromatic rings. The van der Waals surface area contributed by atoms with E-state index in [0.717, 1.165) is 0 Å². The van der Waals surface area contributed by atoms with E-state index < -0.39 is 11.9 Å². The van der Waals surface area contributed by atoms with Crippen LogP contribution in [0.5, 0.6) is 5.75 Å². The second kappa shape index (κ2) is 5.27. The zero-order valence-electron chi connectivity index (χ0n) is 8.69. The first-order chi connectivity index (χ1) is 5.61. The summed E-state index contributed by atoms with van der Waals surface area (Å²) in [5.74, 6) is -1.23. The van der Waals surface area contributed by atoms with Crippen molar-refractivity contribution in [2.45, 2.75) is 12.8 Å². The van der Waals surface area contributed by atoms with Gasteiger partial charge in [0.2, 0.25) is 0 Å². The van der Waals surface area contributed by atoms with Gasteiger partial charge in [-0.1, -0.05) is 12.1 Å².